The first kappa shape index (κ1) is 42.9. The van der Waals surface area contributed by atoms with Crippen molar-refractivity contribution in [3.8, 4) is 22.4 Å². The minimum Gasteiger partial charge on any atom is -0.471 e. The third-order valence-electron chi connectivity index (χ3n) is 10.5. The Morgan fingerprint density at radius 3 is 2.21 bits per heavy atom. The number of hydrogen-bond donors (Lipinski definition) is 2. The molecule has 306 valence electrons. The van der Waals surface area contributed by atoms with Crippen LogP contribution in [0.2, 0.25) is 5.02 Å². The van der Waals surface area contributed by atoms with Crippen molar-refractivity contribution in [3.63, 3.8) is 0 Å². The van der Waals surface area contributed by atoms with Crippen LogP contribution < -0.4 is 5.32 Å². The van der Waals surface area contributed by atoms with Crippen LogP contribution in [-0.2, 0) is 32.7 Å². The number of nitrogens with one attached hydrogen (secondary N) is 1. The highest BCUT2D eigenvalue weighted by Gasteiger charge is 2.46. The molecule has 2 aromatic carbocycles. The first-order valence-electron chi connectivity index (χ1n) is 18.3. The molecule has 3 amide bonds. The van der Waals surface area contributed by atoms with E-state index in [-0.39, 0.29) is 58.1 Å². The summed E-state index contributed by atoms with van der Waals surface area (Å²) in [5.41, 5.74) is 0.425. The fraction of sp³-hybridized carbons (Fsp3) is 0.436. The van der Waals surface area contributed by atoms with Gasteiger partial charge in [-0.25, -0.2) is 13.8 Å². The molecule has 18 heteroatoms. The molecule has 6 rings (SSSR count). The lowest BCUT2D eigenvalue weighted by Crippen LogP contribution is -2.61. The molecule has 2 aromatic heterocycles. The van der Waals surface area contributed by atoms with Crippen LogP contribution in [0, 0.1) is 18.6 Å². The number of piperidine rings is 1. The molecule has 0 saturated carbocycles. The van der Waals surface area contributed by atoms with Crippen LogP contribution in [0.15, 0.2) is 42.7 Å². The summed E-state index contributed by atoms with van der Waals surface area (Å²) in [6, 6.07) is 7.40. The van der Waals surface area contributed by atoms with E-state index in [0.29, 0.717) is 75.6 Å². The molecule has 0 aliphatic carbocycles. The Kier molecular flexibility index (Phi) is 13.5. The van der Waals surface area contributed by atoms with E-state index in [2.05, 4.69) is 34.2 Å². The average molecular weight is 814 g/mol. The summed E-state index contributed by atoms with van der Waals surface area (Å²) in [4.78, 5) is 56.2. The maximum atomic E-state index is 15.5. The molecule has 2 N–H and O–H groups in total. The number of piperazine rings is 1. The monoisotopic (exact) mass is 813 g/mol. The lowest BCUT2D eigenvalue weighted by molar-refractivity contribution is -0.897. The zero-order chi connectivity index (χ0) is 41.7. The van der Waals surface area contributed by atoms with Crippen LogP contribution in [0.5, 0.6) is 0 Å². The molecule has 0 unspecified atom stereocenters. The Morgan fingerprint density at radius 1 is 0.982 bits per heavy atom. The number of carbonyl (C=O) groups is 4. The predicted octanol–water partition coefficient (Wildman–Crippen LogP) is 3.76. The van der Waals surface area contributed by atoms with Crippen LogP contribution in [0.4, 0.5) is 14.5 Å². The first-order chi connectivity index (χ1) is 27.0. The summed E-state index contributed by atoms with van der Waals surface area (Å²) in [7, 11) is 8.56. The molecule has 2 saturated heterocycles. The van der Waals surface area contributed by atoms with Gasteiger partial charge in [0.05, 0.1) is 76.1 Å². The molecule has 0 spiro atoms. The summed E-state index contributed by atoms with van der Waals surface area (Å²) in [6.45, 7) is 5.60. The van der Waals surface area contributed by atoms with E-state index >= 15 is 8.78 Å². The van der Waals surface area contributed by atoms with Gasteiger partial charge in [-0.3, -0.25) is 23.9 Å². The molecule has 2 aliphatic heterocycles. The van der Waals surface area contributed by atoms with Gasteiger partial charge in [-0.1, -0.05) is 17.7 Å². The fourth-order valence-corrected chi connectivity index (χ4v) is 7.16. The van der Waals surface area contributed by atoms with Crippen LogP contribution in [0.3, 0.4) is 0 Å². The molecule has 57 heavy (non-hydrogen) atoms. The highest BCUT2D eigenvalue weighted by molar-refractivity contribution is 6.34. The zero-order valence-electron chi connectivity index (χ0n) is 32.9. The molecular weight excluding hydrogens is 766 g/mol. The topological polar surface area (TPSA) is 161 Å². The Labute approximate surface area is 334 Å². The van der Waals surface area contributed by atoms with Crippen molar-refractivity contribution in [2.45, 2.75) is 31.9 Å². The number of amides is 3. The summed E-state index contributed by atoms with van der Waals surface area (Å²) in [6.07, 6.45) is 3.57. The third kappa shape index (κ3) is 9.33. The Hall–Kier alpha value is -5.23. The highest BCUT2D eigenvalue weighted by Crippen LogP contribution is 2.34. The largest absolute Gasteiger partial charge is 0.471 e. The number of imidazole rings is 1. The Balaban J connectivity index is 0.00000148. The first-order valence-corrected chi connectivity index (χ1v) is 18.7. The van der Waals surface area contributed by atoms with Gasteiger partial charge in [0.15, 0.2) is 23.1 Å². The van der Waals surface area contributed by atoms with Crippen molar-refractivity contribution in [2.75, 3.05) is 79.5 Å². The van der Waals surface area contributed by atoms with Crippen molar-refractivity contribution in [2.24, 2.45) is 7.05 Å². The van der Waals surface area contributed by atoms with Crippen LogP contribution >= 0.6 is 11.6 Å². The number of rotatable bonds is 10. The van der Waals surface area contributed by atoms with Crippen LogP contribution in [0.1, 0.15) is 39.5 Å². The summed E-state index contributed by atoms with van der Waals surface area (Å²) in [5.74, 6) is -3.45. The molecule has 0 bridgehead atoms. The maximum Gasteiger partial charge on any atom is 0.292 e. The van der Waals surface area contributed by atoms with Gasteiger partial charge in [-0.15, -0.1) is 0 Å². The van der Waals surface area contributed by atoms with E-state index in [0.717, 1.165) is 4.48 Å². The third-order valence-corrected chi connectivity index (χ3v) is 10.8. The number of halogens is 3. The fourth-order valence-electron chi connectivity index (χ4n) is 6.90. The van der Waals surface area contributed by atoms with Gasteiger partial charge in [-0.2, -0.15) is 5.10 Å². The molecule has 4 heterocycles. The van der Waals surface area contributed by atoms with Crippen molar-refractivity contribution < 1.29 is 47.0 Å². The number of aliphatic hydroxyl groups is 1. The number of likely N-dealkylation sites (tertiary alicyclic amines) is 1. The van der Waals surface area contributed by atoms with E-state index in [9.17, 15) is 19.5 Å². The molecule has 0 radical (unpaired) electrons. The second-order valence-corrected chi connectivity index (χ2v) is 15.1. The van der Waals surface area contributed by atoms with Crippen molar-refractivity contribution in [1.82, 2.24) is 29.1 Å². The average Bonchev–Trinajstić information content (AvgIpc) is 3.77. The molecule has 15 nitrogen and oxygen atoms in total. The lowest BCUT2D eigenvalue weighted by atomic mass is 9.89. The Morgan fingerprint density at radius 2 is 1.60 bits per heavy atom. The second-order valence-electron chi connectivity index (χ2n) is 14.7. The Bertz CT molecular complexity index is 2120. The number of ether oxygens (including phenoxy) is 2. The van der Waals surface area contributed by atoms with Crippen LogP contribution in [0.25, 0.3) is 22.4 Å². The van der Waals surface area contributed by atoms with E-state index in [1.165, 1.54) is 61.5 Å². The zero-order valence-corrected chi connectivity index (χ0v) is 33.6. The SMILES string of the molecule is COC=O.COCCn1ncc(-c2ccc(-c3cnc(C(=O)Nc4ccc(C(=O)N5CCN(C(=O)C6(O)CC[N+](C)(C)CC6)CC5)c(Cl)c4)n3C)c(F)c2F)c1C. The van der Waals surface area contributed by atoms with Crippen LogP contribution in [-0.4, -0.2) is 143 Å². The van der Waals surface area contributed by atoms with Gasteiger partial charge in [0.2, 0.25) is 0 Å². The number of benzene rings is 2. The van der Waals surface area contributed by atoms with Gasteiger partial charge < -0.3 is 38.7 Å². The normalized spacial score (nSPS) is 16.0. The molecular formula is C39H48ClF2N8O7+. The minimum atomic E-state index is -1.38. The van der Waals surface area contributed by atoms with E-state index in [4.69, 9.17) is 21.1 Å². The van der Waals surface area contributed by atoms with E-state index in [1.807, 2.05) is 0 Å². The predicted molar refractivity (Wildman–Crippen MR) is 207 cm³/mol. The number of aromatic nitrogens is 4. The van der Waals surface area contributed by atoms with E-state index in [1.54, 1.807) is 28.5 Å². The van der Waals surface area contributed by atoms with Crippen molar-refractivity contribution in [3.05, 3.63) is 76.5 Å². The smallest absolute Gasteiger partial charge is 0.292 e. The quantitative estimate of drug-likeness (QED) is 0.180. The van der Waals surface area contributed by atoms with Gasteiger partial charge in [0, 0.05) is 81.2 Å². The summed E-state index contributed by atoms with van der Waals surface area (Å²) in [5, 5.41) is 18.1. The van der Waals surface area contributed by atoms with E-state index < -0.39 is 23.1 Å². The lowest BCUT2D eigenvalue weighted by Gasteiger charge is -2.44. The highest BCUT2D eigenvalue weighted by atomic mass is 35.5. The number of hydrogen-bond acceptors (Lipinski definition) is 9. The van der Waals surface area contributed by atoms with Gasteiger partial charge >= 0.3 is 0 Å². The van der Waals surface area contributed by atoms with Crippen molar-refractivity contribution in [1.29, 1.82) is 0 Å². The minimum absolute atomic E-state index is 0.0572. The number of anilines is 1. The molecule has 0 atom stereocenters. The number of carbonyl (C=O) groups excluding carboxylic acids is 4. The van der Waals surface area contributed by atoms with Gasteiger partial charge in [-0.05, 0) is 31.2 Å². The maximum absolute atomic E-state index is 15.5. The molecule has 4 aromatic rings. The molecule has 2 fully saturated rings. The molecule has 2 aliphatic rings. The number of nitrogens with zero attached hydrogens (tertiary/aromatic N) is 7. The summed E-state index contributed by atoms with van der Waals surface area (Å²) >= 11 is 6.53. The van der Waals surface area contributed by atoms with Crippen molar-refractivity contribution >= 4 is 41.5 Å². The number of methoxy groups -OCH3 is 2. The standard InChI is InChI=1S/C37H43ClF2N8O5.C2H4O2/c1-23-28(21-42-47(23)16-19-53-5)25-8-9-27(32(40)31(25)39)30-22-41-33(44(30)2)34(49)43-24-6-7-26(29(38)20-24)35(50)45-12-14-46(15-13-45)36(51)37(52)10-17-48(3,4)18-11-37;1-4-2-3/h6-9,20-22,52H,10-19H2,1-5H3;2H,1H3/p+1. The number of quaternary nitrogens is 1. The second kappa shape index (κ2) is 17.9. The van der Waals surface area contributed by atoms with Gasteiger partial charge in [0.25, 0.3) is 24.2 Å². The van der Waals surface area contributed by atoms with Gasteiger partial charge in [0.1, 0.15) is 0 Å². The summed E-state index contributed by atoms with van der Waals surface area (Å²) < 4.78 is 43.7.